The Morgan fingerprint density at radius 1 is 1.09 bits per heavy atom. The van der Waals surface area contributed by atoms with Gasteiger partial charge < -0.3 is 20.3 Å². The van der Waals surface area contributed by atoms with Crippen molar-refractivity contribution in [3.05, 3.63) is 65.2 Å². The van der Waals surface area contributed by atoms with E-state index in [4.69, 9.17) is 15.2 Å². The molecule has 2 amide bonds. The number of carbonyl (C=O) groups is 4. The number of aliphatic carboxylic acids is 1. The van der Waals surface area contributed by atoms with Crippen LogP contribution in [0, 0.1) is 12.3 Å². The van der Waals surface area contributed by atoms with Gasteiger partial charge in [-0.05, 0) is 49.9 Å². The summed E-state index contributed by atoms with van der Waals surface area (Å²) in [6, 6.07) is 13.1. The van der Waals surface area contributed by atoms with E-state index in [2.05, 4.69) is 0 Å². The lowest BCUT2D eigenvalue weighted by Crippen LogP contribution is -2.45. The Hall–Kier alpha value is -3.88. The van der Waals surface area contributed by atoms with Gasteiger partial charge >= 0.3 is 18.0 Å². The number of hydrogen-bond acceptors (Lipinski definition) is 7. The second-order valence-electron chi connectivity index (χ2n) is 8.23. The van der Waals surface area contributed by atoms with E-state index in [1.54, 1.807) is 49.4 Å². The Morgan fingerprint density at radius 3 is 2.33 bits per heavy atom. The number of esters is 1. The Balaban J connectivity index is 1.69. The summed E-state index contributed by atoms with van der Waals surface area (Å²) in [6.07, 6.45) is 0.194. The monoisotopic (exact) mass is 454 g/mol. The lowest BCUT2D eigenvalue weighted by molar-refractivity contribution is -0.171. The Morgan fingerprint density at radius 2 is 1.76 bits per heavy atom. The molecule has 0 radical (unpaired) electrons. The minimum atomic E-state index is -2.14. The summed E-state index contributed by atoms with van der Waals surface area (Å²) in [4.78, 5) is 51.0. The van der Waals surface area contributed by atoms with Crippen LogP contribution in [0.4, 0.5) is 10.5 Å². The number of aryl methyl sites for hydroxylation is 1. The molecule has 1 saturated carbocycles. The number of nitrogens with zero attached hydrogens (tertiary/aromatic N) is 1. The topological polar surface area (TPSA) is 136 Å². The third-order valence-electron chi connectivity index (χ3n) is 5.47. The molecule has 33 heavy (non-hydrogen) atoms. The van der Waals surface area contributed by atoms with Crippen LogP contribution >= 0.6 is 0 Å². The van der Waals surface area contributed by atoms with Gasteiger partial charge in [0, 0.05) is 17.3 Å². The van der Waals surface area contributed by atoms with Gasteiger partial charge in [0.15, 0.2) is 5.41 Å². The molecular formula is C24H26N2O7. The smallest absolute Gasteiger partial charge is 0.417 e. The van der Waals surface area contributed by atoms with E-state index in [1.807, 2.05) is 0 Å². The van der Waals surface area contributed by atoms with Crippen molar-refractivity contribution in [2.45, 2.75) is 39.3 Å². The van der Waals surface area contributed by atoms with Gasteiger partial charge in [-0.2, -0.15) is 0 Å². The molecule has 0 unspecified atom stereocenters. The van der Waals surface area contributed by atoms with Crippen LogP contribution in [0.5, 0.6) is 0 Å². The molecule has 1 aliphatic rings. The largest absolute Gasteiger partial charge is 0.480 e. The molecule has 0 bridgehead atoms. The fourth-order valence-electron chi connectivity index (χ4n) is 3.01. The summed E-state index contributed by atoms with van der Waals surface area (Å²) in [6.45, 7) is 1.99. The highest BCUT2D eigenvalue weighted by molar-refractivity contribution is 6.04. The fourth-order valence-corrected chi connectivity index (χ4v) is 3.01. The highest BCUT2D eigenvalue weighted by atomic mass is 16.6. The Bertz CT molecular complexity index is 1070. The molecule has 9 nitrogen and oxygen atoms in total. The first-order valence-corrected chi connectivity index (χ1v) is 10.4. The number of rotatable bonds is 8. The molecule has 0 saturated heterocycles. The number of ether oxygens (including phenoxy) is 2. The van der Waals surface area contributed by atoms with Gasteiger partial charge in [0.1, 0.15) is 13.2 Å². The summed E-state index contributed by atoms with van der Waals surface area (Å²) < 4.78 is 10.3. The van der Waals surface area contributed by atoms with Crippen molar-refractivity contribution in [3.8, 4) is 0 Å². The molecule has 1 aliphatic carbocycles. The van der Waals surface area contributed by atoms with Crippen molar-refractivity contribution >= 4 is 29.6 Å². The molecule has 3 N–H and O–H groups in total. The summed E-state index contributed by atoms with van der Waals surface area (Å²) in [7, 11) is 0. The minimum absolute atomic E-state index is 0.127. The Labute approximate surface area is 191 Å². The van der Waals surface area contributed by atoms with Crippen LogP contribution in [0.25, 0.3) is 0 Å². The number of carbonyl (C=O) groups excluding carboxylic acids is 3. The molecule has 2 aromatic carbocycles. The van der Waals surface area contributed by atoms with E-state index in [0.717, 1.165) is 17.4 Å². The molecule has 2 aromatic rings. The maximum atomic E-state index is 12.9. The third kappa shape index (κ3) is 5.49. The molecule has 0 heterocycles. The highest BCUT2D eigenvalue weighted by Crippen LogP contribution is 2.30. The van der Waals surface area contributed by atoms with E-state index in [1.165, 1.54) is 6.07 Å². The molecule has 0 aromatic heterocycles. The molecule has 9 heteroatoms. The number of carboxylic acids is 1. The lowest BCUT2D eigenvalue weighted by Gasteiger charge is -2.25. The molecule has 1 atom stereocenters. The normalized spacial score (nSPS) is 14.6. The van der Waals surface area contributed by atoms with Crippen LogP contribution in [0.3, 0.4) is 0 Å². The van der Waals surface area contributed by atoms with E-state index in [-0.39, 0.29) is 18.2 Å². The van der Waals surface area contributed by atoms with Gasteiger partial charge in [-0.25, -0.2) is 9.69 Å². The van der Waals surface area contributed by atoms with Crippen LogP contribution in [0.2, 0.25) is 0 Å². The van der Waals surface area contributed by atoms with Gasteiger partial charge in [-0.3, -0.25) is 14.4 Å². The maximum absolute atomic E-state index is 12.9. The van der Waals surface area contributed by atoms with E-state index in [9.17, 15) is 24.3 Å². The van der Waals surface area contributed by atoms with Crippen molar-refractivity contribution in [1.82, 2.24) is 4.90 Å². The fraction of sp³-hybridized carbons (Fsp3) is 0.333. The van der Waals surface area contributed by atoms with Crippen LogP contribution in [0.15, 0.2) is 48.5 Å². The zero-order chi connectivity index (χ0) is 24.2. The average Bonchev–Trinajstić information content (AvgIpc) is 3.63. The zero-order valence-electron chi connectivity index (χ0n) is 18.4. The maximum Gasteiger partial charge on any atom is 0.417 e. The molecule has 3 rings (SSSR count). The second-order valence-corrected chi connectivity index (χ2v) is 8.23. The van der Waals surface area contributed by atoms with E-state index in [0.29, 0.717) is 24.1 Å². The first kappa shape index (κ1) is 23.8. The van der Waals surface area contributed by atoms with Crippen molar-refractivity contribution in [1.29, 1.82) is 0 Å². The number of benzene rings is 2. The summed E-state index contributed by atoms with van der Waals surface area (Å²) in [5.41, 5.74) is 5.82. The Kier molecular flexibility index (Phi) is 7.01. The number of nitrogen functional groups attached to an aromatic ring is 1. The average molecular weight is 454 g/mol. The number of carboxylic acid groups (broad SMARTS) is 1. The van der Waals surface area contributed by atoms with Crippen molar-refractivity contribution in [2.75, 3.05) is 12.3 Å². The quantitative estimate of drug-likeness (QED) is 0.353. The van der Waals surface area contributed by atoms with E-state index >= 15 is 0 Å². The molecule has 0 spiro atoms. The van der Waals surface area contributed by atoms with Gasteiger partial charge in [-0.1, -0.05) is 36.4 Å². The molecule has 0 aliphatic heterocycles. The number of amides is 2. The van der Waals surface area contributed by atoms with Crippen molar-refractivity contribution in [3.63, 3.8) is 0 Å². The highest BCUT2D eigenvalue weighted by Gasteiger charge is 2.46. The minimum Gasteiger partial charge on any atom is -0.480 e. The zero-order valence-corrected chi connectivity index (χ0v) is 18.4. The van der Waals surface area contributed by atoms with Gasteiger partial charge in [0.05, 0.1) is 0 Å². The first-order chi connectivity index (χ1) is 15.6. The molecular weight excluding hydrogens is 428 g/mol. The summed E-state index contributed by atoms with van der Waals surface area (Å²) >= 11 is 0. The van der Waals surface area contributed by atoms with Gasteiger partial charge in [0.25, 0.3) is 5.91 Å². The predicted molar refractivity (Wildman–Crippen MR) is 118 cm³/mol. The van der Waals surface area contributed by atoms with Crippen molar-refractivity contribution < 1.29 is 33.8 Å². The van der Waals surface area contributed by atoms with Gasteiger partial charge in [-0.15, -0.1) is 0 Å². The SMILES string of the molecule is Cc1ccc(C(=O)N(C(=O)OC[C@@](C)(C(=O)O)C(=O)OCc2ccccc2)C2CC2)cc1N. The van der Waals surface area contributed by atoms with Gasteiger partial charge in [0.2, 0.25) is 0 Å². The first-order valence-electron chi connectivity index (χ1n) is 10.4. The summed E-state index contributed by atoms with van der Waals surface area (Å²) in [5.74, 6) is -3.16. The van der Waals surface area contributed by atoms with Crippen LogP contribution < -0.4 is 5.73 Å². The second kappa shape index (κ2) is 9.72. The van der Waals surface area contributed by atoms with Crippen molar-refractivity contribution in [2.24, 2.45) is 5.41 Å². The van der Waals surface area contributed by atoms with Crippen LogP contribution in [-0.4, -0.2) is 46.6 Å². The predicted octanol–water partition coefficient (Wildman–Crippen LogP) is 3.15. The number of imide groups is 1. The molecule has 1 fully saturated rings. The summed E-state index contributed by atoms with van der Waals surface area (Å²) in [5, 5.41) is 9.63. The number of anilines is 1. The van der Waals surface area contributed by atoms with E-state index < -0.39 is 36.0 Å². The number of hydrogen-bond donors (Lipinski definition) is 2. The van der Waals surface area contributed by atoms with Crippen LogP contribution in [-0.2, 0) is 25.7 Å². The molecule has 174 valence electrons. The number of nitrogens with two attached hydrogens (primary N) is 1. The van der Waals surface area contributed by atoms with Crippen LogP contribution in [0.1, 0.15) is 41.3 Å². The third-order valence-corrected chi connectivity index (χ3v) is 5.47. The lowest BCUT2D eigenvalue weighted by atomic mass is 9.92. The standard InChI is InChI=1S/C24H26N2O7/c1-15-8-9-17(12-19(15)25)20(27)26(18-10-11-18)23(31)33-14-24(2,21(28)29)22(30)32-13-16-6-4-3-5-7-16/h3-9,12,18H,10-11,13-14,25H2,1-2H3,(H,28,29)/t24-/m0/s1.